The number of hydrogen-bond donors (Lipinski definition) is 0. The van der Waals surface area contributed by atoms with Gasteiger partial charge in [0.15, 0.2) is 0 Å². The molecule has 3 heteroatoms. The second-order valence-electron chi connectivity index (χ2n) is 0.835. The molecule has 0 fully saturated rings. The zero-order valence-electron chi connectivity index (χ0n) is 3.79. The number of nitrogens with zero attached hydrogens (tertiary/aromatic N) is 1. The zero-order chi connectivity index (χ0) is 4.12. The van der Waals surface area contributed by atoms with E-state index in [1.54, 1.807) is 0 Å². The van der Waals surface area contributed by atoms with Crippen molar-refractivity contribution < 1.29 is 15.8 Å². The molecule has 0 bridgehead atoms. The first-order valence-corrected chi connectivity index (χ1v) is 2.18. The molecule has 0 heterocycles. The molecule has 0 aliphatic rings. The Morgan fingerprint density at radius 2 is 2.17 bits per heavy atom. The Morgan fingerprint density at radius 1 is 1.67 bits per heavy atom. The topological polar surface area (TPSA) is 45.9 Å². The van der Waals surface area contributed by atoms with E-state index in [0.29, 0.717) is 0 Å². The van der Waals surface area contributed by atoms with Gasteiger partial charge in [-0.3, -0.25) is 0 Å². The Morgan fingerprint density at radius 3 is 2.17 bits per heavy atom. The van der Waals surface area contributed by atoms with Crippen LogP contribution in [0.15, 0.2) is 3.96 Å². The molecule has 0 atom stereocenters. The third-order valence-electron chi connectivity index (χ3n) is 0.303. The van der Waals surface area contributed by atoms with Gasteiger partial charge in [0.1, 0.15) is 0 Å². The monoisotopic (exact) mass is 129 g/mol. The van der Waals surface area contributed by atoms with E-state index >= 15 is 0 Å². The van der Waals surface area contributed by atoms with Gasteiger partial charge in [-0.05, 0) is 0 Å². The van der Waals surface area contributed by atoms with E-state index in [1.807, 2.05) is 0 Å². The molecular weight excluding hydrogens is 120 g/mol. The first-order valence-electron chi connectivity index (χ1n) is 1.68. The molecule has 0 aliphatic carbocycles. The first-order chi connectivity index (χ1) is 2.41. The standard InChI is InChI=1S/C3H7N.Fe.H2N/c1-2-3-4;;/h2-3H2,1H3;;1H2/q;+1;-1. The van der Waals surface area contributed by atoms with Crippen molar-refractivity contribution >= 4 is 0 Å². The van der Waals surface area contributed by atoms with E-state index < -0.39 is 0 Å². The maximum Gasteiger partial charge on any atom is -0.693 e. The maximum atomic E-state index is 3.60. The van der Waals surface area contributed by atoms with Crippen molar-refractivity contribution in [1.82, 2.24) is 0 Å². The third kappa shape index (κ3) is 8.86. The largest absolute Gasteiger partial charge is 0.693 e. The van der Waals surface area contributed by atoms with Crippen LogP contribution in [0.4, 0.5) is 0 Å². The predicted molar refractivity (Wildman–Crippen MR) is 22.9 cm³/mol. The van der Waals surface area contributed by atoms with E-state index in [1.165, 1.54) is 0 Å². The van der Waals surface area contributed by atoms with Gasteiger partial charge in [0, 0.05) is 0 Å². The zero-order valence-corrected chi connectivity index (χ0v) is 4.90. The van der Waals surface area contributed by atoms with Gasteiger partial charge in [-0.2, -0.15) is 0 Å². The van der Waals surface area contributed by atoms with Crippen LogP contribution in [0.2, 0.25) is 0 Å². The van der Waals surface area contributed by atoms with Crippen LogP contribution in [0.1, 0.15) is 13.3 Å². The van der Waals surface area contributed by atoms with E-state index in [4.69, 9.17) is 0 Å². The second kappa shape index (κ2) is 8.99. The van der Waals surface area contributed by atoms with Crippen molar-refractivity contribution in [3.8, 4) is 0 Å². The molecule has 2 N–H and O–H groups in total. The minimum atomic E-state index is 0. The van der Waals surface area contributed by atoms with Crippen LogP contribution in [0, 0.1) is 0 Å². The molecule has 0 rings (SSSR count). The van der Waals surface area contributed by atoms with Crippen molar-refractivity contribution in [1.29, 1.82) is 0 Å². The van der Waals surface area contributed by atoms with Crippen molar-refractivity contribution in [2.45, 2.75) is 13.3 Å². The molecule has 0 amide bonds. The van der Waals surface area contributed by atoms with Gasteiger partial charge < -0.3 is 6.15 Å². The Labute approximate surface area is 46.5 Å². The molecule has 39 valence electrons. The molecule has 0 aromatic carbocycles. The fourth-order valence-corrected chi connectivity index (χ4v) is 0.326. The van der Waals surface area contributed by atoms with Gasteiger partial charge in [-0.25, -0.2) is 0 Å². The van der Waals surface area contributed by atoms with Crippen molar-refractivity contribution in [2.24, 2.45) is 3.96 Å². The van der Waals surface area contributed by atoms with Gasteiger partial charge in [-0.15, -0.1) is 0 Å². The minimum absolute atomic E-state index is 0. The van der Waals surface area contributed by atoms with Gasteiger partial charge in [0.25, 0.3) is 0 Å². The smallest absolute Gasteiger partial charge is 0.693 e. The van der Waals surface area contributed by atoms with E-state index in [0.717, 1.165) is 13.0 Å². The molecular formula is C3H9FeN2. The molecule has 0 aliphatic heterocycles. The van der Waals surface area contributed by atoms with Crippen LogP contribution in [-0.4, -0.2) is 6.54 Å². The van der Waals surface area contributed by atoms with Crippen LogP contribution in [-0.2, 0) is 15.8 Å². The van der Waals surface area contributed by atoms with E-state index in [-0.39, 0.29) is 6.15 Å². The molecule has 0 saturated carbocycles. The van der Waals surface area contributed by atoms with Crippen LogP contribution < -0.4 is 0 Å². The first kappa shape index (κ1) is 9.56. The van der Waals surface area contributed by atoms with Crippen molar-refractivity contribution in [3.63, 3.8) is 0 Å². The molecule has 2 nitrogen and oxygen atoms in total. The van der Waals surface area contributed by atoms with Crippen LogP contribution in [0.3, 0.4) is 0 Å². The van der Waals surface area contributed by atoms with E-state index in [2.05, 4.69) is 26.7 Å². The number of rotatable bonds is 2. The summed E-state index contributed by atoms with van der Waals surface area (Å²) in [5.74, 6) is 0. The van der Waals surface area contributed by atoms with Crippen LogP contribution in [0.5, 0.6) is 0 Å². The average Bonchev–Trinajstić information content (AvgIpc) is 1.41. The molecule has 0 spiro atoms. The normalized spacial score (nSPS) is 6.17. The predicted octanol–water partition coefficient (Wildman–Crippen LogP) is 1.84. The summed E-state index contributed by atoms with van der Waals surface area (Å²) in [4.78, 5) is 0. The van der Waals surface area contributed by atoms with Crippen LogP contribution >= 0.6 is 0 Å². The molecule has 0 aromatic rings. The summed E-state index contributed by atoms with van der Waals surface area (Å²) < 4.78 is 3.60. The quantitative estimate of drug-likeness (QED) is 0.510. The fourth-order valence-electron chi connectivity index (χ4n) is 0.0791. The van der Waals surface area contributed by atoms with Gasteiger partial charge >= 0.3 is 39.7 Å². The molecule has 6 heavy (non-hydrogen) atoms. The summed E-state index contributed by atoms with van der Waals surface area (Å²) in [7, 11) is 0. The average molecular weight is 129 g/mol. The maximum absolute atomic E-state index is 3.60. The summed E-state index contributed by atoms with van der Waals surface area (Å²) in [5.41, 5.74) is 0. The Kier molecular flexibility index (Phi) is 14.3. The van der Waals surface area contributed by atoms with Gasteiger partial charge in [0.2, 0.25) is 0 Å². The minimum Gasteiger partial charge on any atom is -0.693 e. The summed E-state index contributed by atoms with van der Waals surface area (Å²) in [6.45, 7) is 2.98. The van der Waals surface area contributed by atoms with Crippen molar-refractivity contribution in [3.05, 3.63) is 6.15 Å². The van der Waals surface area contributed by atoms with Crippen molar-refractivity contribution in [2.75, 3.05) is 6.54 Å². The summed E-state index contributed by atoms with van der Waals surface area (Å²) in [6.07, 6.45) is 1.11. The third-order valence-corrected chi connectivity index (χ3v) is 0.550. The Hall–Kier alpha value is 0.279. The summed E-state index contributed by atoms with van der Waals surface area (Å²) in [6, 6.07) is 0. The molecule has 0 radical (unpaired) electrons. The Bertz CT molecular complexity index is 30.0. The SMILES string of the molecule is CCC[N]=[Fe+].[NH2-]. The number of hydrogen-bond acceptors (Lipinski definition) is 1. The molecule has 0 unspecified atom stereocenters. The molecule has 0 aromatic heterocycles. The summed E-state index contributed by atoms with van der Waals surface area (Å²) >= 11 is 3.30. The number of nitrogens with two attached hydrogens (primary N) is 1. The van der Waals surface area contributed by atoms with Gasteiger partial charge in [-0.1, -0.05) is 0 Å². The van der Waals surface area contributed by atoms with Crippen LogP contribution in [0.25, 0.3) is 6.15 Å². The fraction of sp³-hybridized carbons (Fsp3) is 1.00. The van der Waals surface area contributed by atoms with E-state index in [9.17, 15) is 0 Å². The summed E-state index contributed by atoms with van der Waals surface area (Å²) in [5, 5.41) is 0. The van der Waals surface area contributed by atoms with Gasteiger partial charge in [0.05, 0.1) is 0 Å². The molecule has 0 saturated heterocycles. The Balaban J connectivity index is 0. The second-order valence-corrected chi connectivity index (χ2v) is 1.18.